The first-order valence-corrected chi connectivity index (χ1v) is 5.41. The third kappa shape index (κ3) is 1.92. The van der Waals surface area contributed by atoms with Gasteiger partial charge in [-0.1, -0.05) is 6.07 Å². The molecule has 0 saturated carbocycles. The molecule has 0 aliphatic rings. The zero-order chi connectivity index (χ0) is 10.8. The van der Waals surface area contributed by atoms with Gasteiger partial charge in [-0.3, -0.25) is 4.68 Å². The van der Waals surface area contributed by atoms with Gasteiger partial charge in [-0.25, -0.2) is 4.98 Å². The molecule has 0 radical (unpaired) electrons. The van der Waals surface area contributed by atoms with Gasteiger partial charge in [0.05, 0.1) is 17.5 Å². The van der Waals surface area contributed by atoms with Gasteiger partial charge in [-0.05, 0) is 11.4 Å². The van der Waals surface area contributed by atoms with Gasteiger partial charge < -0.3 is 10.8 Å². The Bertz CT molecular complexity index is 437. The maximum absolute atomic E-state index is 8.95. The van der Waals surface area contributed by atoms with Gasteiger partial charge in [0.1, 0.15) is 5.82 Å². The van der Waals surface area contributed by atoms with E-state index in [1.165, 1.54) is 0 Å². The lowest BCUT2D eigenvalue weighted by atomic mass is 10.3. The Morgan fingerprint density at radius 3 is 3.07 bits per heavy atom. The van der Waals surface area contributed by atoms with Crippen molar-refractivity contribution in [2.24, 2.45) is 12.8 Å². The van der Waals surface area contributed by atoms with Crippen molar-refractivity contribution < 1.29 is 5.11 Å². The maximum Gasteiger partial charge on any atom is 0.191 e. The second kappa shape index (κ2) is 4.09. The standard InChI is InChI=1S/C9H12N4OS/c1-13-9(6(10)5-14)11-8(12-13)7-3-2-4-15-7/h2-4,6,14H,5,10H2,1H3. The van der Waals surface area contributed by atoms with Crippen LogP contribution in [0.3, 0.4) is 0 Å². The third-order valence-corrected chi connectivity index (χ3v) is 2.93. The molecule has 2 aromatic heterocycles. The van der Waals surface area contributed by atoms with Crippen LogP contribution in [0.4, 0.5) is 0 Å². The maximum atomic E-state index is 8.95. The molecule has 0 spiro atoms. The first-order chi connectivity index (χ1) is 7.22. The molecule has 2 heterocycles. The fourth-order valence-electron chi connectivity index (χ4n) is 1.31. The Kier molecular flexibility index (Phi) is 2.81. The van der Waals surface area contributed by atoms with E-state index in [0.29, 0.717) is 11.6 Å². The number of aliphatic hydroxyl groups excluding tert-OH is 1. The molecular formula is C9H12N4OS. The number of aromatic nitrogens is 3. The molecule has 2 rings (SSSR count). The molecule has 5 nitrogen and oxygen atoms in total. The van der Waals surface area contributed by atoms with Crippen molar-refractivity contribution in [2.45, 2.75) is 6.04 Å². The third-order valence-electron chi connectivity index (χ3n) is 2.07. The molecule has 0 amide bonds. The minimum absolute atomic E-state index is 0.129. The summed E-state index contributed by atoms with van der Waals surface area (Å²) in [5, 5.41) is 15.2. The SMILES string of the molecule is Cn1nc(-c2cccs2)nc1C(N)CO. The summed E-state index contributed by atoms with van der Waals surface area (Å²) in [6.07, 6.45) is 0. The molecule has 1 unspecified atom stereocenters. The quantitative estimate of drug-likeness (QED) is 0.797. The molecule has 3 N–H and O–H groups in total. The minimum Gasteiger partial charge on any atom is -0.394 e. The lowest BCUT2D eigenvalue weighted by Crippen LogP contribution is -2.19. The topological polar surface area (TPSA) is 77.0 Å². The van der Waals surface area contributed by atoms with Crippen molar-refractivity contribution in [1.82, 2.24) is 14.8 Å². The highest BCUT2D eigenvalue weighted by molar-refractivity contribution is 7.13. The van der Waals surface area contributed by atoms with Crippen molar-refractivity contribution in [2.75, 3.05) is 6.61 Å². The van der Waals surface area contributed by atoms with Gasteiger partial charge in [-0.15, -0.1) is 11.3 Å². The van der Waals surface area contributed by atoms with Crippen molar-refractivity contribution in [1.29, 1.82) is 0 Å². The summed E-state index contributed by atoms with van der Waals surface area (Å²) >= 11 is 1.58. The highest BCUT2D eigenvalue weighted by Gasteiger charge is 2.15. The van der Waals surface area contributed by atoms with Gasteiger partial charge in [0.25, 0.3) is 0 Å². The minimum atomic E-state index is -0.476. The number of hydrogen-bond acceptors (Lipinski definition) is 5. The molecule has 80 valence electrons. The normalized spacial score (nSPS) is 13.0. The number of rotatable bonds is 3. The molecule has 0 fully saturated rings. The van der Waals surface area contributed by atoms with Gasteiger partial charge >= 0.3 is 0 Å². The Hall–Kier alpha value is -1.24. The number of hydrogen-bond donors (Lipinski definition) is 2. The van der Waals surface area contributed by atoms with Crippen LogP contribution in [0.15, 0.2) is 17.5 Å². The average Bonchev–Trinajstić information content (AvgIpc) is 2.84. The van der Waals surface area contributed by atoms with Crippen LogP contribution in [-0.4, -0.2) is 26.5 Å². The van der Waals surface area contributed by atoms with E-state index in [9.17, 15) is 0 Å². The molecular weight excluding hydrogens is 212 g/mol. The number of nitrogens with two attached hydrogens (primary N) is 1. The van der Waals surface area contributed by atoms with Crippen molar-refractivity contribution in [3.05, 3.63) is 23.3 Å². The van der Waals surface area contributed by atoms with Crippen LogP contribution in [0.25, 0.3) is 10.7 Å². The Morgan fingerprint density at radius 1 is 1.67 bits per heavy atom. The molecule has 0 aliphatic heterocycles. The van der Waals surface area contributed by atoms with Crippen LogP contribution in [0, 0.1) is 0 Å². The van der Waals surface area contributed by atoms with Crippen molar-refractivity contribution in [3.8, 4) is 10.7 Å². The van der Waals surface area contributed by atoms with Crippen LogP contribution < -0.4 is 5.73 Å². The lowest BCUT2D eigenvalue weighted by Gasteiger charge is -2.04. The smallest absolute Gasteiger partial charge is 0.191 e. The fraction of sp³-hybridized carbons (Fsp3) is 0.333. The van der Waals surface area contributed by atoms with Gasteiger partial charge in [0.15, 0.2) is 5.82 Å². The highest BCUT2D eigenvalue weighted by atomic mass is 32.1. The van der Waals surface area contributed by atoms with Crippen LogP contribution in [-0.2, 0) is 7.05 Å². The predicted octanol–water partition coefficient (Wildman–Crippen LogP) is 0.536. The van der Waals surface area contributed by atoms with Gasteiger partial charge in [-0.2, -0.15) is 5.10 Å². The fourth-order valence-corrected chi connectivity index (χ4v) is 1.96. The number of thiophene rings is 1. The van der Waals surface area contributed by atoms with E-state index in [-0.39, 0.29) is 6.61 Å². The monoisotopic (exact) mass is 224 g/mol. The molecule has 0 aliphatic carbocycles. The number of nitrogens with zero attached hydrogens (tertiary/aromatic N) is 3. The zero-order valence-electron chi connectivity index (χ0n) is 8.29. The summed E-state index contributed by atoms with van der Waals surface area (Å²) < 4.78 is 1.61. The van der Waals surface area contributed by atoms with E-state index in [1.807, 2.05) is 17.5 Å². The lowest BCUT2D eigenvalue weighted by molar-refractivity contribution is 0.260. The number of aliphatic hydroxyl groups is 1. The largest absolute Gasteiger partial charge is 0.394 e. The molecule has 6 heteroatoms. The second-order valence-corrected chi connectivity index (χ2v) is 4.13. The molecule has 2 aromatic rings. The van der Waals surface area contributed by atoms with E-state index in [1.54, 1.807) is 23.1 Å². The Morgan fingerprint density at radius 2 is 2.47 bits per heavy atom. The Balaban J connectivity index is 2.37. The van der Waals surface area contributed by atoms with E-state index >= 15 is 0 Å². The zero-order valence-corrected chi connectivity index (χ0v) is 9.11. The average molecular weight is 224 g/mol. The Labute approximate surface area is 91.2 Å². The second-order valence-electron chi connectivity index (χ2n) is 3.18. The van der Waals surface area contributed by atoms with E-state index in [0.717, 1.165) is 4.88 Å². The van der Waals surface area contributed by atoms with Crippen molar-refractivity contribution >= 4 is 11.3 Å². The highest BCUT2D eigenvalue weighted by Crippen LogP contribution is 2.22. The molecule has 0 bridgehead atoms. The predicted molar refractivity (Wildman–Crippen MR) is 58.3 cm³/mol. The summed E-state index contributed by atoms with van der Waals surface area (Å²) in [6.45, 7) is -0.129. The summed E-state index contributed by atoms with van der Waals surface area (Å²) in [4.78, 5) is 5.30. The molecule has 1 atom stereocenters. The summed E-state index contributed by atoms with van der Waals surface area (Å²) in [7, 11) is 1.77. The first-order valence-electron chi connectivity index (χ1n) is 4.53. The molecule has 0 saturated heterocycles. The van der Waals surface area contributed by atoms with Crippen LogP contribution in [0.1, 0.15) is 11.9 Å². The van der Waals surface area contributed by atoms with E-state index < -0.39 is 6.04 Å². The van der Waals surface area contributed by atoms with E-state index in [4.69, 9.17) is 10.8 Å². The summed E-state index contributed by atoms with van der Waals surface area (Å²) in [5.41, 5.74) is 5.69. The van der Waals surface area contributed by atoms with Gasteiger partial charge in [0.2, 0.25) is 0 Å². The molecule has 0 aromatic carbocycles. The van der Waals surface area contributed by atoms with Crippen molar-refractivity contribution in [3.63, 3.8) is 0 Å². The molecule has 15 heavy (non-hydrogen) atoms. The number of aryl methyl sites for hydroxylation is 1. The van der Waals surface area contributed by atoms with Crippen LogP contribution in [0.2, 0.25) is 0 Å². The summed E-state index contributed by atoms with van der Waals surface area (Å²) in [6, 6.07) is 3.42. The van der Waals surface area contributed by atoms with Crippen LogP contribution in [0.5, 0.6) is 0 Å². The summed E-state index contributed by atoms with van der Waals surface area (Å²) in [5.74, 6) is 1.26. The first kappa shape index (κ1) is 10.3. The van der Waals surface area contributed by atoms with E-state index in [2.05, 4.69) is 10.1 Å². The van der Waals surface area contributed by atoms with Gasteiger partial charge in [0, 0.05) is 7.05 Å². The van der Waals surface area contributed by atoms with Crippen LogP contribution >= 0.6 is 11.3 Å².